The second-order valence-corrected chi connectivity index (χ2v) is 7.59. The van der Waals surface area contributed by atoms with Crippen LogP contribution in [0.15, 0.2) is 29.3 Å². The molecule has 150 valence electrons. The van der Waals surface area contributed by atoms with Gasteiger partial charge in [0.15, 0.2) is 5.96 Å². The molecule has 1 aromatic carbocycles. The Morgan fingerprint density at radius 1 is 1.22 bits per heavy atom. The fourth-order valence-corrected chi connectivity index (χ4v) is 3.35. The van der Waals surface area contributed by atoms with E-state index in [0.29, 0.717) is 6.54 Å². The zero-order valence-electron chi connectivity index (χ0n) is 17.1. The lowest BCUT2D eigenvalue weighted by Gasteiger charge is -2.27. The van der Waals surface area contributed by atoms with E-state index in [2.05, 4.69) is 49.5 Å². The fraction of sp³-hybridized carbons (Fsp3) is 0.500. The molecule has 0 aliphatic carbocycles. The summed E-state index contributed by atoms with van der Waals surface area (Å²) < 4.78 is 1.90. The minimum atomic E-state index is -0.116. The van der Waals surface area contributed by atoms with Crippen molar-refractivity contribution in [2.45, 2.75) is 46.6 Å². The Bertz CT molecular complexity index is 783. The smallest absolute Gasteiger partial charge is 0.191 e. The minimum Gasteiger partial charge on any atom is -0.357 e. The predicted octanol–water partition coefficient (Wildman–Crippen LogP) is 4.34. The average Bonchev–Trinajstić information content (AvgIpc) is 2.83. The minimum absolute atomic E-state index is 0. The van der Waals surface area contributed by atoms with Crippen LogP contribution in [0.5, 0.6) is 0 Å². The van der Waals surface area contributed by atoms with Gasteiger partial charge in [0.2, 0.25) is 0 Å². The van der Waals surface area contributed by atoms with Crippen molar-refractivity contribution in [1.29, 1.82) is 0 Å². The summed E-state index contributed by atoms with van der Waals surface area (Å²) in [4.78, 5) is 4.75. The second-order valence-electron chi connectivity index (χ2n) is 7.19. The van der Waals surface area contributed by atoms with E-state index in [1.165, 1.54) is 5.56 Å². The fourth-order valence-electron chi connectivity index (χ4n) is 2.96. The number of aliphatic imine (C=N–C) groups is 1. The van der Waals surface area contributed by atoms with Crippen molar-refractivity contribution in [3.63, 3.8) is 0 Å². The van der Waals surface area contributed by atoms with Crippen LogP contribution in [0.2, 0.25) is 5.02 Å². The Morgan fingerprint density at radius 2 is 1.89 bits per heavy atom. The molecule has 5 nitrogen and oxygen atoms in total. The van der Waals surface area contributed by atoms with Crippen molar-refractivity contribution >= 4 is 41.5 Å². The summed E-state index contributed by atoms with van der Waals surface area (Å²) in [5, 5.41) is 12.0. The van der Waals surface area contributed by atoms with E-state index in [1.54, 1.807) is 0 Å². The van der Waals surface area contributed by atoms with Crippen LogP contribution in [0.3, 0.4) is 0 Å². The number of nitrogens with zero attached hydrogens (tertiary/aromatic N) is 3. The Kier molecular flexibility index (Phi) is 9.08. The molecule has 0 radical (unpaired) electrons. The van der Waals surface area contributed by atoms with Crippen molar-refractivity contribution < 1.29 is 0 Å². The quantitative estimate of drug-likeness (QED) is 0.350. The molecule has 7 heteroatoms. The van der Waals surface area contributed by atoms with Gasteiger partial charge in [-0.1, -0.05) is 43.6 Å². The number of benzene rings is 1. The number of halogens is 2. The van der Waals surface area contributed by atoms with Crippen LogP contribution >= 0.6 is 35.6 Å². The molecule has 1 heterocycles. The van der Waals surface area contributed by atoms with Crippen molar-refractivity contribution in [3.8, 4) is 0 Å². The second kappa shape index (κ2) is 10.3. The van der Waals surface area contributed by atoms with Crippen molar-refractivity contribution in [1.82, 2.24) is 20.4 Å². The molecule has 0 unspecified atom stereocenters. The van der Waals surface area contributed by atoms with E-state index in [1.807, 2.05) is 36.9 Å². The molecule has 0 saturated heterocycles. The molecule has 1 aromatic heterocycles. The SMILES string of the molecule is CCNC(=NCc1c(C)nn(C)c1C)NCC(C)(C)c1ccccc1Cl.I. The van der Waals surface area contributed by atoms with Crippen LogP contribution in [0.4, 0.5) is 0 Å². The number of aromatic nitrogens is 2. The molecular weight excluding hydrogens is 473 g/mol. The van der Waals surface area contributed by atoms with Crippen molar-refractivity contribution in [2.75, 3.05) is 13.1 Å². The molecule has 0 aliphatic rings. The Labute approximate surface area is 185 Å². The van der Waals surface area contributed by atoms with Gasteiger partial charge in [-0.3, -0.25) is 4.68 Å². The van der Waals surface area contributed by atoms with Crippen LogP contribution in [-0.2, 0) is 19.0 Å². The lowest BCUT2D eigenvalue weighted by atomic mass is 9.84. The maximum atomic E-state index is 6.38. The third-order valence-corrected chi connectivity index (χ3v) is 5.03. The van der Waals surface area contributed by atoms with Gasteiger partial charge in [-0.05, 0) is 32.4 Å². The standard InChI is InChI=1S/C20H30ClN5.HI/c1-7-22-19(23-12-16-14(2)25-26(6)15(16)3)24-13-20(4,5)17-10-8-9-11-18(17)21;/h8-11H,7,12-13H2,1-6H3,(H2,22,23,24);1H. The molecule has 0 amide bonds. The zero-order valence-corrected chi connectivity index (χ0v) is 20.1. The molecule has 0 spiro atoms. The third-order valence-electron chi connectivity index (χ3n) is 4.70. The molecule has 0 saturated carbocycles. The molecular formula is C20H31ClIN5. The van der Waals surface area contributed by atoms with Gasteiger partial charge in [-0.15, -0.1) is 24.0 Å². The summed E-state index contributed by atoms with van der Waals surface area (Å²) in [6.07, 6.45) is 0. The zero-order chi connectivity index (χ0) is 19.3. The van der Waals surface area contributed by atoms with Gasteiger partial charge in [0.25, 0.3) is 0 Å². The first-order valence-corrected chi connectivity index (χ1v) is 9.40. The molecule has 2 aromatic rings. The molecule has 0 atom stereocenters. The van der Waals surface area contributed by atoms with E-state index >= 15 is 0 Å². The molecule has 0 fully saturated rings. The molecule has 27 heavy (non-hydrogen) atoms. The summed E-state index contributed by atoms with van der Waals surface area (Å²) >= 11 is 6.38. The van der Waals surface area contributed by atoms with Gasteiger partial charge in [0.05, 0.1) is 12.2 Å². The van der Waals surface area contributed by atoms with E-state index in [9.17, 15) is 0 Å². The predicted molar refractivity (Wildman–Crippen MR) is 125 cm³/mol. The average molecular weight is 504 g/mol. The van der Waals surface area contributed by atoms with E-state index in [4.69, 9.17) is 16.6 Å². The molecule has 0 aliphatic heterocycles. The summed E-state index contributed by atoms with van der Waals surface area (Å²) in [5.74, 6) is 0.801. The first-order valence-electron chi connectivity index (χ1n) is 9.02. The first-order chi connectivity index (χ1) is 12.3. The Balaban J connectivity index is 0.00000364. The number of hydrogen-bond acceptors (Lipinski definition) is 2. The van der Waals surface area contributed by atoms with Gasteiger partial charge in [-0.2, -0.15) is 5.10 Å². The highest BCUT2D eigenvalue weighted by Crippen LogP contribution is 2.29. The highest BCUT2D eigenvalue weighted by Gasteiger charge is 2.23. The molecule has 2 N–H and O–H groups in total. The third kappa shape index (κ3) is 6.10. The summed E-state index contributed by atoms with van der Waals surface area (Å²) in [6, 6.07) is 8.00. The van der Waals surface area contributed by atoms with Crippen LogP contribution in [-0.4, -0.2) is 28.8 Å². The summed E-state index contributed by atoms with van der Waals surface area (Å²) in [7, 11) is 1.96. The monoisotopic (exact) mass is 503 g/mol. The van der Waals surface area contributed by atoms with Gasteiger partial charge in [0.1, 0.15) is 0 Å². The maximum Gasteiger partial charge on any atom is 0.191 e. The van der Waals surface area contributed by atoms with E-state index in [0.717, 1.165) is 41.0 Å². The number of hydrogen-bond donors (Lipinski definition) is 2. The van der Waals surface area contributed by atoms with E-state index in [-0.39, 0.29) is 29.4 Å². The topological polar surface area (TPSA) is 54.2 Å². The number of nitrogens with one attached hydrogen (secondary N) is 2. The van der Waals surface area contributed by atoms with Crippen LogP contribution in [0.25, 0.3) is 0 Å². The first kappa shape index (κ1) is 23.8. The van der Waals surface area contributed by atoms with Gasteiger partial charge < -0.3 is 10.6 Å². The van der Waals surface area contributed by atoms with E-state index < -0.39 is 0 Å². The lowest BCUT2D eigenvalue weighted by molar-refractivity contribution is 0.509. The molecule has 0 bridgehead atoms. The number of guanidine groups is 1. The van der Waals surface area contributed by atoms with Crippen LogP contribution < -0.4 is 10.6 Å². The Morgan fingerprint density at radius 3 is 2.44 bits per heavy atom. The van der Waals surface area contributed by atoms with Crippen LogP contribution in [0.1, 0.15) is 43.3 Å². The Hall–Kier alpha value is -1.28. The number of rotatable bonds is 6. The summed E-state index contributed by atoms with van der Waals surface area (Å²) in [5.41, 5.74) is 4.37. The normalized spacial score (nSPS) is 11.9. The van der Waals surface area contributed by atoms with Crippen LogP contribution in [0, 0.1) is 13.8 Å². The summed E-state index contributed by atoms with van der Waals surface area (Å²) in [6.45, 7) is 12.7. The molecule has 2 rings (SSSR count). The van der Waals surface area contributed by atoms with Gasteiger partial charge in [0, 0.05) is 41.8 Å². The lowest BCUT2D eigenvalue weighted by Crippen LogP contribution is -2.43. The maximum absolute atomic E-state index is 6.38. The largest absolute Gasteiger partial charge is 0.357 e. The van der Waals surface area contributed by atoms with Crippen molar-refractivity contribution in [3.05, 3.63) is 51.8 Å². The van der Waals surface area contributed by atoms with Crippen molar-refractivity contribution in [2.24, 2.45) is 12.0 Å². The number of aryl methyl sites for hydroxylation is 2. The van der Waals surface area contributed by atoms with Gasteiger partial charge >= 0.3 is 0 Å². The van der Waals surface area contributed by atoms with Gasteiger partial charge in [-0.25, -0.2) is 4.99 Å². The highest BCUT2D eigenvalue weighted by molar-refractivity contribution is 14.0. The highest BCUT2D eigenvalue weighted by atomic mass is 127.